The van der Waals surface area contributed by atoms with Crippen LogP contribution in [-0.2, 0) is 11.3 Å². The molecule has 0 spiro atoms. The monoisotopic (exact) mass is 360 g/mol. The van der Waals surface area contributed by atoms with Crippen LogP contribution in [0.15, 0.2) is 76.7 Å². The van der Waals surface area contributed by atoms with Crippen LogP contribution >= 0.6 is 11.3 Å². The van der Waals surface area contributed by atoms with E-state index in [0.29, 0.717) is 18.1 Å². The number of oxazole rings is 1. The van der Waals surface area contributed by atoms with Gasteiger partial charge in [-0.1, -0.05) is 48.5 Å². The first-order valence-corrected chi connectivity index (χ1v) is 9.09. The average Bonchev–Trinajstić information content (AvgIpc) is 3.36. The molecule has 5 heteroatoms. The molecule has 0 unspecified atom stereocenters. The molecule has 4 rings (SSSR count). The Labute approximate surface area is 154 Å². The summed E-state index contributed by atoms with van der Waals surface area (Å²) in [4.78, 5) is 17.5. The normalized spacial score (nSPS) is 11.2. The van der Waals surface area contributed by atoms with Crippen molar-refractivity contribution in [2.75, 3.05) is 0 Å². The van der Waals surface area contributed by atoms with Gasteiger partial charge in [-0.05, 0) is 33.9 Å². The standard InChI is InChI=1S/C21H16N2O2S/c24-20(11-10-16-7-3-6-15-5-1-2-8-18(15)16)22-13-17-14-25-21(23-17)19-9-4-12-26-19/h1-12,14H,13H2,(H,22,24)/b11-10+. The van der Waals surface area contributed by atoms with Crippen molar-refractivity contribution in [3.05, 3.63) is 83.6 Å². The summed E-state index contributed by atoms with van der Waals surface area (Å²) in [7, 11) is 0. The van der Waals surface area contributed by atoms with Crippen molar-refractivity contribution in [2.24, 2.45) is 0 Å². The summed E-state index contributed by atoms with van der Waals surface area (Å²) in [5.74, 6) is 0.411. The second kappa shape index (κ2) is 7.37. The molecule has 0 radical (unpaired) electrons. The molecule has 4 nitrogen and oxygen atoms in total. The maximum atomic E-state index is 12.1. The topological polar surface area (TPSA) is 55.1 Å². The fourth-order valence-corrected chi connectivity index (χ4v) is 3.35. The van der Waals surface area contributed by atoms with E-state index in [2.05, 4.69) is 28.5 Å². The van der Waals surface area contributed by atoms with Crippen molar-refractivity contribution in [2.45, 2.75) is 6.54 Å². The second-order valence-corrected chi connectivity index (χ2v) is 6.69. The number of hydrogen-bond acceptors (Lipinski definition) is 4. The quantitative estimate of drug-likeness (QED) is 0.516. The maximum absolute atomic E-state index is 12.1. The van der Waals surface area contributed by atoms with E-state index in [1.807, 2.05) is 47.9 Å². The Kier molecular flexibility index (Phi) is 4.62. The lowest BCUT2D eigenvalue weighted by atomic mass is 10.0. The predicted octanol–water partition coefficient (Wildman–Crippen LogP) is 4.89. The molecule has 0 aliphatic rings. The lowest BCUT2D eigenvalue weighted by Crippen LogP contribution is -2.20. The van der Waals surface area contributed by atoms with E-state index in [9.17, 15) is 4.79 Å². The zero-order chi connectivity index (χ0) is 17.8. The average molecular weight is 360 g/mol. The van der Waals surface area contributed by atoms with Crippen molar-refractivity contribution in [3.63, 3.8) is 0 Å². The number of nitrogens with zero attached hydrogens (tertiary/aromatic N) is 1. The van der Waals surface area contributed by atoms with Gasteiger partial charge >= 0.3 is 0 Å². The summed E-state index contributed by atoms with van der Waals surface area (Å²) in [5, 5.41) is 7.08. The third kappa shape index (κ3) is 3.58. The van der Waals surface area contributed by atoms with Gasteiger partial charge in [0.15, 0.2) is 0 Å². The van der Waals surface area contributed by atoms with Gasteiger partial charge in [-0.2, -0.15) is 0 Å². The molecule has 0 aliphatic carbocycles. The van der Waals surface area contributed by atoms with E-state index >= 15 is 0 Å². The molecular weight excluding hydrogens is 344 g/mol. The van der Waals surface area contributed by atoms with Gasteiger partial charge in [0.25, 0.3) is 0 Å². The van der Waals surface area contributed by atoms with E-state index in [0.717, 1.165) is 21.2 Å². The van der Waals surface area contributed by atoms with Gasteiger partial charge in [-0.15, -0.1) is 11.3 Å². The van der Waals surface area contributed by atoms with Crippen molar-refractivity contribution in [1.82, 2.24) is 10.3 Å². The van der Waals surface area contributed by atoms with Crippen LogP contribution in [0.3, 0.4) is 0 Å². The molecule has 128 valence electrons. The summed E-state index contributed by atoms with van der Waals surface area (Å²) in [5.41, 5.74) is 1.71. The number of benzene rings is 2. The van der Waals surface area contributed by atoms with Crippen LogP contribution in [0.25, 0.3) is 27.6 Å². The SMILES string of the molecule is O=C(/C=C/c1cccc2ccccc12)NCc1coc(-c2cccs2)n1. The Hall–Kier alpha value is -3.18. The van der Waals surface area contributed by atoms with Crippen molar-refractivity contribution in [3.8, 4) is 10.8 Å². The molecule has 0 atom stereocenters. The highest BCUT2D eigenvalue weighted by Gasteiger charge is 2.08. The molecule has 0 aliphatic heterocycles. The highest BCUT2D eigenvalue weighted by Crippen LogP contribution is 2.23. The van der Waals surface area contributed by atoms with Gasteiger partial charge in [0.1, 0.15) is 6.26 Å². The fraction of sp³-hybridized carbons (Fsp3) is 0.0476. The third-order valence-electron chi connectivity index (χ3n) is 3.97. The molecule has 0 saturated heterocycles. The maximum Gasteiger partial charge on any atom is 0.244 e. The van der Waals surface area contributed by atoms with E-state index in [4.69, 9.17) is 4.42 Å². The third-order valence-corrected chi connectivity index (χ3v) is 4.82. The number of aromatic nitrogens is 1. The van der Waals surface area contributed by atoms with Crippen LogP contribution in [0.4, 0.5) is 0 Å². The first kappa shape index (κ1) is 16.3. The summed E-state index contributed by atoms with van der Waals surface area (Å²) >= 11 is 1.57. The number of thiophene rings is 1. The van der Waals surface area contributed by atoms with E-state index in [1.165, 1.54) is 0 Å². The predicted molar refractivity (Wildman–Crippen MR) is 105 cm³/mol. The smallest absolute Gasteiger partial charge is 0.244 e. The minimum Gasteiger partial charge on any atom is -0.443 e. The Morgan fingerprint density at radius 3 is 2.88 bits per heavy atom. The summed E-state index contributed by atoms with van der Waals surface area (Å²) in [6, 6.07) is 18.0. The Morgan fingerprint density at radius 2 is 2.00 bits per heavy atom. The van der Waals surface area contributed by atoms with Crippen LogP contribution in [0.5, 0.6) is 0 Å². The highest BCUT2D eigenvalue weighted by molar-refractivity contribution is 7.13. The largest absolute Gasteiger partial charge is 0.443 e. The Morgan fingerprint density at radius 1 is 1.12 bits per heavy atom. The number of rotatable bonds is 5. The highest BCUT2D eigenvalue weighted by atomic mass is 32.1. The minimum absolute atomic E-state index is 0.168. The molecule has 2 aromatic carbocycles. The number of hydrogen-bond donors (Lipinski definition) is 1. The number of amides is 1. The zero-order valence-electron chi connectivity index (χ0n) is 13.9. The lowest BCUT2D eigenvalue weighted by molar-refractivity contribution is -0.116. The Bertz CT molecular complexity index is 1060. The van der Waals surface area contributed by atoms with Gasteiger partial charge < -0.3 is 9.73 Å². The van der Waals surface area contributed by atoms with Gasteiger partial charge in [-0.3, -0.25) is 4.79 Å². The molecule has 26 heavy (non-hydrogen) atoms. The van der Waals surface area contributed by atoms with Crippen LogP contribution in [0, 0.1) is 0 Å². The number of nitrogens with one attached hydrogen (secondary N) is 1. The van der Waals surface area contributed by atoms with Gasteiger partial charge in [0.05, 0.1) is 17.1 Å². The molecule has 1 amide bonds. The fourth-order valence-electron chi connectivity index (χ4n) is 2.70. The van der Waals surface area contributed by atoms with Gasteiger partial charge in [-0.25, -0.2) is 4.98 Å². The molecule has 0 saturated carbocycles. The van der Waals surface area contributed by atoms with Crippen molar-refractivity contribution >= 4 is 34.1 Å². The molecule has 2 aromatic heterocycles. The molecule has 4 aromatic rings. The molecular formula is C21H16N2O2S. The number of fused-ring (bicyclic) bond motifs is 1. The summed E-state index contributed by atoms with van der Waals surface area (Å²) in [6.45, 7) is 0.327. The first-order chi connectivity index (χ1) is 12.8. The van der Waals surface area contributed by atoms with Gasteiger partial charge in [0.2, 0.25) is 11.8 Å². The minimum atomic E-state index is -0.168. The van der Waals surface area contributed by atoms with Crippen LogP contribution in [-0.4, -0.2) is 10.9 Å². The second-order valence-electron chi connectivity index (χ2n) is 5.74. The van der Waals surface area contributed by atoms with Crippen LogP contribution in [0.2, 0.25) is 0 Å². The first-order valence-electron chi connectivity index (χ1n) is 8.21. The number of carbonyl (C=O) groups excluding carboxylic acids is 1. The van der Waals surface area contributed by atoms with E-state index < -0.39 is 0 Å². The van der Waals surface area contributed by atoms with Gasteiger partial charge in [0, 0.05) is 6.08 Å². The zero-order valence-corrected chi connectivity index (χ0v) is 14.7. The molecule has 0 bridgehead atoms. The molecule has 0 fully saturated rings. The van der Waals surface area contributed by atoms with Crippen LogP contribution in [0.1, 0.15) is 11.3 Å². The molecule has 2 heterocycles. The van der Waals surface area contributed by atoms with Crippen molar-refractivity contribution in [1.29, 1.82) is 0 Å². The van der Waals surface area contributed by atoms with Crippen molar-refractivity contribution < 1.29 is 9.21 Å². The Balaban J connectivity index is 1.40. The molecule has 1 N–H and O–H groups in total. The van der Waals surface area contributed by atoms with Crippen LogP contribution < -0.4 is 5.32 Å². The summed E-state index contributed by atoms with van der Waals surface area (Å²) in [6.07, 6.45) is 4.95. The number of carbonyl (C=O) groups is 1. The lowest BCUT2D eigenvalue weighted by Gasteiger charge is -2.02. The summed E-state index contributed by atoms with van der Waals surface area (Å²) < 4.78 is 5.45. The van der Waals surface area contributed by atoms with E-state index in [1.54, 1.807) is 23.7 Å². The van der Waals surface area contributed by atoms with E-state index in [-0.39, 0.29) is 5.91 Å².